The van der Waals surface area contributed by atoms with Crippen LogP contribution in [0.1, 0.15) is 16.5 Å². The minimum atomic E-state index is -0.541. The summed E-state index contributed by atoms with van der Waals surface area (Å²) in [7, 11) is 1.62. The molecular formula is C13H13BrO2S. The number of rotatable bonds is 4. The molecule has 1 N–H and O–H groups in total. The lowest BCUT2D eigenvalue weighted by molar-refractivity contribution is 0.175. The average molecular weight is 313 g/mol. The Morgan fingerprint density at radius 3 is 2.88 bits per heavy atom. The number of benzene rings is 1. The van der Waals surface area contributed by atoms with Crippen LogP contribution in [0.3, 0.4) is 0 Å². The third-order valence-corrected chi connectivity index (χ3v) is 3.92. The highest BCUT2D eigenvalue weighted by atomic mass is 79.9. The second-order valence-electron chi connectivity index (χ2n) is 3.69. The van der Waals surface area contributed by atoms with Gasteiger partial charge in [0.1, 0.15) is 5.75 Å². The molecule has 1 unspecified atom stereocenters. The fourth-order valence-corrected chi connectivity index (χ4v) is 2.82. The molecule has 0 fully saturated rings. The minimum Gasteiger partial charge on any atom is -0.496 e. The molecule has 0 saturated heterocycles. The van der Waals surface area contributed by atoms with Gasteiger partial charge in [-0.25, -0.2) is 0 Å². The van der Waals surface area contributed by atoms with Crippen LogP contribution in [0.4, 0.5) is 0 Å². The molecule has 2 rings (SSSR count). The summed E-state index contributed by atoms with van der Waals surface area (Å²) in [4.78, 5) is 1.17. The molecule has 2 nitrogen and oxygen atoms in total. The third-order valence-electron chi connectivity index (χ3n) is 2.53. The van der Waals surface area contributed by atoms with Crippen LogP contribution in [0.15, 0.2) is 40.2 Å². The van der Waals surface area contributed by atoms with Crippen LogP contribution in [0, 0.1) is 0 Å². The van der Waals surface area contributed by atoms with Crippen molar-refractivity contribution in [3.8, 4) is 5.75 Å². The Balaban J connectivity index is 2.23. The lowest BCUT2D eigenvalue weighted by Gasteiger charge is -2.14. The molecule has 0 amide bonds. The van der Waals surface area contributed by atoms with E-state index in [9.17, 15) is 5.11 Å². The number of ether oxygens (including phenoxy) is 1. The summed E-state index contributed by atoms with van der Waals surface area (Å²) in [6, 6.07) is 9.68. The highest BCUT2D eigenvalue weighted by Crippen LogP contribution is 2.31. The van der Waals surface area contributed by atoms with Gasteiger partial charge in [-0.3, -0.25) is 0 Å². The van der Waals surface area contributed by atoms with E-state index in [1.807, 2.05) is 35.7 Å². The SMILES string of the molecule is COc1ccc(Br)cc1C(O)Cc1cccs1. The summed E-state index contributed by atoms with van der Waals surface area (Å²) in [5.74, 6) is 0.720. The van der Waals surface area contributed by atoms with Gasteiger partial charge in [0.05, 0.1) is 13.2 Å². The van der Waals surface area contributed by atoms with Crippen LogP contribution in [0.5, 0.6) is 5.75 Å². The Hall–Kier alpha value is -0.840. The van der Waals surface area contributed by atoms with Gasteiger partial charge in [-0.15, -0.1) is 11.3 Å². The molecule has 0 saturated carbocycles. The van der Waals surface area contributed by atoms with E-state index in [0.29, 0.717) is 6.42 Å². The van der Waals surface area contributed by atoms with E-state index in [-0.39, 0.29) is 0 Å². The van der Waals surface area contributed by atoms with Crippen molar-refractivity contribution >= 4 is 27.3 Å². The summed E-state index contributed by atoms with van der Waals surface area (Å²) >= 11 is 5.06. The molecule has 0 spiro atoms. The molecule has 1 heterocycles. The number of hydrogen-bond acceptors (Lipinski definition) is 3. The van der Waals surface area contributed by atoms with Crippen molar-refractivity contribution in [3.05, 3.63) is 50.6 Å². The van der Waals surface area contributed by atoms with E-state index in [0.717, 1.165) is 15.8 Å². The smallest absolute Gasteiger partial charge is 0.124 e. The molecular weight excluding hydrogens is 300 g/mol. The standard InChI is InChI=1S/C13H13BrO2S/c1-16-13-5-4-9(14)7-11(13)12(15)8-10-3-2-6-17-10/h2-7,12,15H,8H2,1H3. The number of methoxy groups -OCH3 is 1. The van der Waals surface area contributed by atoms with Gasteiger partial charge in [0.2, 0.25) is 0 Å². The maximum atomic E-state index is 10.2. The van der Waals surface area contributed by atoms with Crippen molar-refractivity contribution in [2.45, 2.75) is 12.5 Å². The van der Waals surface area contributed by atoms with Crippen molar-refractivity contribution in [1.29, 1.82) is 0 Å². The first-order valence-corrected chi connectivity index (χ1v) is 6.92. The Kier molecular flexibility index (Phi) is 4.20. The van der Waals surface area contributed by atoms with Crippen molar-refractivity contribution in [2.24, 2.45) is 0 Å². The van der Waals surface area contributed by atoms with Crippen LogP contribution in [0.25, 0.3) is 0 Å². The zero-order chi connectivity index (χ0) is 12.3. The average Bonchev–Trinajstić information content (AvgIpc) is 2.81. The van der Waals surface area contributed by atoms with Crippen LogP contribution >= 0.6 is 27.3 Å². The van der Waals surface area contributed by atoms with Crippen LogP contribution in [-0.4, -0.2) is 12.2 Å². The highest BCUT2D eigenvalue weighted by Gasteiger charge is 2.14. The Morgan fingerprint density at radius 1 is 1.41 bits per heavy atom. The second kappa shape index (κ2) is 5.67. The van der Waals surface area contributed by atoms with Gasteiger partial charge >= 0.3 is 0 Å². The first kappa shape index (κ1) is 12.6. The summed E-state index contributed by atoms with van der Waals surface area (Å²) in [5, 5.41) is 12.2. The lowest BCUT2D eigenvalue weighted by atomic mass is 10.0. The van der Waals surface area contributed by atoms with E-state index in [1.165, 1.54) is 4.88 Å². The van der Waals surface area contributed by atoms with Gasteiger partial charge in [0, 0.05) is 21.3 Å². The lowest BCUT2D eigenvalue weighted by Crippen LogP contribution is -2.03. The van der Waals surface area contributed by atoms with Gasteiger partial charge in [0.15, 0.2) is 0 Å². The monoisotopic (exact) mass is 312 g/mol. The number of thiophene rings is 1. The molecule has 90 valence electrons. The van der Waals surface area contributed by atoms with E-state index in [1.54, 1.807) is 18.4 Å². The molecule has 0 aliphatic rings. The summed E-state index contributed by atoms with van der Waals surface area (Å²) in [6.45, 7) is 0. The summed E-state index contributed by atoms with van der Waals surface area (Å²) in [6.07, 6.45) is 0.0749. The predicted octanol–water partition coefficient (Wildman–Crippen LogP) is 3.80. The Bertz CT molecular complexity index is 482. The number of aliphatic hydroxyl groups is 1. The fraction of sp³-hybridized carbons (Fsp3) is 0.231. The minimum absolute atomic E-state index is 0.541. The van der Waals surface area contributed by atoms with E-state index in [2.05, 4.69) is 15.9 Å². The van der Waals surface area contributed by atoms with E-state index < -0.39 is 6.10 Å². The molecule has 0 radical (unpaired) electrons. The highest BCUT2D eigenvalue weighted by molar-refractivity contribution is 9.10. The van der Waals surface area contributed by atoms with Crippen LogP contribution < -0.4 is 4.74 Å². The Morgan fingerprint density at radius 2 is 2.24 bits per heavy atom. The molecule has 0 bridgehead atoms. The van der Waals surface area contributed by atoms with Gasteiger partial charge in [-0.2, -0.15) is 0 Å². The maximum absolute atomic E-state index is 10.2. The molecule has 4 heteroatoms. The molecule has 1 aromatic heterocycles. The molecule has 2 aromatic rings. The van der Waals surface area contributed by atoms with Crippen LogP contribution in [0.2, 0.25) is 0 Å². The first-order valence-electron chi connectivity index (χ1n) is 5.24. The predicted molar refractivity (Wildman–Crippen MR) is 73.7 cm³/mol. The zero-order valence-corrected chi connectivity index (χ0v) is 11.8. The fourth-order valence-electron chi connectivity index (χ4n) is 1.69. The molecule has 1 aromatic carbocycles. The van der Waals surface area contributed by atoms with Crippen molar-refractivity contribution in [2.75, 3.05) is 7.11 Å². The van der Waals surface area contributed by atoms with Crippen molar-refractivity contribution in [1.82, 2.24) is 0 Å². The summed E-state index contributed by atoms with van der Waals surface area (Å²) < 4.78 is 6.21. The molecule has 0 aliphatic heterocycles. The van der Waals surface area contributed by atoms with E-state index >= 15 is 0 Å². The van der Waals surface area contributed by atoms with Gasteiger partial charge in [-0.05, 0) is 29.6 Å². The van der Waals surface area contributed by atoms with Gasteiger partial charge < -0.3 is 9.84 Å². The van der Waals surface area contributed by atoms with E-state index in [4.69, 9.17) is 4.74 Å². The van der Waals surface area contributed by atoms with Crippen LogP contribution in [-0.2, 0) is 6.42 Å². The topological polar surface area (TPSA) is 29.5 Å². The maximum Gasteiger partial charge on any atom is 0.124 e. The zero-order valence-electron chi connectivity index (χ0n) is 9.39. The van der Waals surface area contributed by atoms with Crippen molar-refractivity contribution < 1.29 is 9.84 Å². The van der Waals surface area contributed by atoms with Gasteiger partial charge in [0.25, 0.3) is 0 Å². The Labute approximate surface area is 113 Å². The quantitative estimate of drug-likeness (QED) is 0.930. The number of aliphatic hydroxyl groups excluding tert-OH is 1. The molecule has 17 heavy (non-hydrogen) atoms. The third kappa shape index (κ3) is 3.09. The normalized spacial score (nSPS) is 12.4. The van der Waals surface area contributed by atoms with Gasteiger partial charge in [-0.1, -0.05) is 22.0 Å². The largest absolute Gasteiger partial charge is 0.496 e. The molecule has 0 aliphatic carbocycles. The number of halogens is 1. The summed E-state index contributed by atoms with van der Waals surface area (Å²) in [5.41, 5.74) is 0.815. The second-order valence-corrected chi connectivity index (χ2v) is 5.63. The molecule has 1 atom stereocenters. The first-order chi connectivity index (χ1) is 8.20. The van der Waals surface area contributed by atoms with Crippen molar-refractivity contribution in [3.63, 3.8) is 0 Å². The number of hydrogen-bond donors (Lipinski definition) is 1.